The van der Waals surface area contributed by atoms with Crippen molar-refractivity contribution in [3.63, 3.8) is 0 Å². The number of carbonyl (C=O) groups excluding carboxylic acids is 1. The van der Waals surface area contributed by atoms with Gasteiger partial charge in [0.25, 0.3) is 0 Å². The Bertz CT molecular complexity index is 683. The number of amides is 1. The molecule has 0 saturated heterocycles. The molecule has 1 unspecified atom stereocenters. The molecule has 6 heteroatoms. The van der Waals surface area contributed by atoms with Crippen molar-refractivity contribution in [2.24, 2.45) is 7.05 Å². The predicted octanol–water partition coefficient (Wildman–Crippen LogP) is 3.24. The summed E-state index contributed by atoms with van der Waals surface area (Å²) in [5, 5.41) is 7.70. The van der Waals surface area contributed by atoms with Gasteiger partial charge >= 0.3 is 0 Å². The largest absolute Gasteiger partial charge is 0.317 e. The van der Waals surface area contributed by atoms with E-state index in [1.54, 1.807) is 4.90 Å². The quantitative estimate of drug-likeness (QED) is 0.762. The number of para-hydroxylation sites is 1. The SMILES string of the molecule is CCc1ccccc1N(Cc1nnc(C)n1C)C(=O)C(Cl)CC. The minimum Gasteiger partial charge on any atom is -0.317 e. The van der Waals surface area contributed by atoms with Gasteiger partial charge < -0.3 is 9.47 Å². The number of benzene rings is 1. The molecule has 1 atom stereocenters. The van der Waals surface area contributed by atoms with Gasteiger partial charge in [-0.1, -0.05) is 32.0 Å². The predicted molar refractivity (Wildman–Crippen MR) is 92.7 cm³/mol. The number of aryl methyl sites for hydroxylation is 2. The summed E-state index contributed by atoms with van der Waals surface area (Å²) < 4.78 is 1.89. The molecule has 2 aromatic rings. The van der Waals surface area contributed by atoms with Crippen molar-refractivity contribution in [1.82, 2.24) is 14.8 Å². The van der Waals surface area contributed by atoms with Gasteiger partial charge in [-0.15, -0.1) is 21.8 Å². The lowest BCUT2D eigenvalue weighted by Crippen LogP contribution is -2.37. The van der Waals surface area contributed by atoms with Crippen LogP contribution in [0.1, 0.15) is 37.5 Å². The number of hydrogen-bond acceptors (Lipinski definition) is 3. The Balaban J connectivity index is 2.43. The second-order valence-electron chi connectivity index (χ2n) is 5.50. The van der Waals surface area contributed by atoms with E-state index in [1.165, 1.54) is 0 Å². The molecule has 1 aromatic heterocycles. The summed E-state index contributed by atoms with van der Waals surface area (Å²) in [4.78, 5) is 14.5. The average molecular weight is 335 g/mol. The van der Waals surface area contributed by atoms with Crippen LogP contribution in [0.5, 0.6) is 0 Å². The van der Waals surface area contributed by atoms with Crippen molar-refractivity contribution in [2.45, 2.75) is 45.5 Å². The Kier molecular flexibility index (Phi) is 5.77. The molecule has 0 radical (unpaired) electrons. The summed E-state index contributed by atoms with van der Waals surface area (Å²) in [6.07, 6.45) is 1.43. The number of nitrogens with zero attached hydrogens (tertiary/aromatic N) is 4. The van der Waals surface area contributed by atoms with E-state index in [4.69, 9.17) is 11.6 Å². The van der Waals surface area contributed by atoms with Crippen molar-refractivity contribution in [3.05, 3.63) is 41.5 Å². The molecule has 0 saturated carbocycles. The molecule has 0 bridgehead atoms. The smallest absolute Gasteiger partial charge is 0.245 e. The van der Waals surface area contributed by atoms with Crippen LogP contribution in [0.2, 0.25) is 0 Å². The van der Waals surface area contributed by atoms with Crippen LogP contribution in [0.25, 0.3) is 0 Å². The van der Waals surface area contributed by atoms with E-state index in [9.17, 15) is 4.79 Å². The van der Waals surface area contributed by atoms with E-state index in [0.717, 1.165) is 29.3 Å². The summed E-state index contributed by atoms with van der Waals surface area (Å²) in [5.41, 5.74) is 2.00. The van der Waals surface area contributed by atoms with Crippen LogP contribution in [0.3, 0.4) is 0 Å². The summed E-state index contributed by atoms with van der Waals surface area (Å²) in [6.45, 7) is 6.23. The normalized spacial score (nSPS) is 12.2. The van der Waals surface area contributed by atoms with Crippen LogP contribution in [0, 0.1) is 6.92 Å². The van der Waals surface area contributed by atoms with Gasteiger partial charge in [-0.2, -0.15) is 0 Å². The van der Waals surface area contributed by atoms with Crippen LogP contribution in [0.15, 0.2) is 24.3 Å². The van der Waals surface area contributed by atoms with Gasteiger partial charge in [0.15, 0.2) is 5.82 Å². The maximum Gasteiger partial charge on any atom is 0.245 e. The molecule has 0 spiro atoms. The highest BCUT2D eigenvalue weighted by atomic mass is 35.5. The van der Waals surface area contributed by atoms with Crippen molar-refractivity contribution in [3.8, 4) is 0 Å². The lowest BCUT2D eigenvalue weighted by atomic mass is 10.1. The fourth-order valence-corrected chi connectivity index (χ4v) is 2.55. The summed E-state index contributed by atoms with van der Waals surface area (Å²) >= 11 is 6.23. The number of carbonyl (C=O) groups is 1. The number of hydrogen-bond donors (Lipinski definition) is 0. The molecule has 1 heterocycles. The Morgan fingerprint density at radius 3 is 2.57 bits per heavy atom. The van der Waals surface area contributed by atoms with Gasteiger partial charge in [0.05, 0.1) is 6.54 Å². The zero-order valence-electron chi connectivity index (χ0n) is 14.1. The van der Waals surface area contributed by atoms with Crippen LogP contribution in [-0.4, -0.2) is 26.0 Å². The third-order valence-electron chi connectivity index (χ3n) is 4.04. The fourth-order valence-electron chi connectivity index (χ4n) is 2.43. The number of rotatable bonds is 6. The van der Waals surface area contributed by atoms with E-state index in [0.29, 0.717) is 13.0 Å². The van der Waals surface area contributed by atoms with Crippen molar-refractivity contribution in [2.75, 3.05) is 4.90 Å². The zero-order valence-corrected chi connectivity index (χ0v) is 14.8. The van der Waals surface area contributed by atoms with Crippen molar-refractivity contribution >= 4 is 23.2 Å². The second-order valence-corrected chi connectivity index (χ2v) is 6.03. The lowest BCUT2D eigenvalue weighted by molar-refractivity contribution is -0.118. The molecule has 1 amide bonds. The first-order valence-electron chi connectivity index (χ1n) is 7.87. The third kappa shape index (κ3) is 3.72. The fraction of sp³-hybridized carbons (Fsp3) is 0.471. The standard InChI is InChI=1S/C17H23ClN4O/c1-5-13-9-7-8-10-15(13)22(17(23)14(18)6-2)11-16-20-19-12(3)21(16)4/h7-10,14H,5-6,11H2,1-4H3. The van der Waals surface area contributed by atoms with E-state index in [-0.39, 0.29) is 5.91 Å². The maximum absolute atomic E-state index is 12.8. The van der Waals surface area contributed by atoms with Gasteiger partial charge in [0, 0.05) is 12.7 Å². The average Bonchev–Trinajstić information content (AvgIpc) is 2.90. The van der Waals surface area contributed by atoms with Crippen LogP contribution >= 0.6 is 11.6 Å². The Labute approximate surface area is 142 Å². The van der Waals surface area contributed by atoms with Gasteiger partial charge in [0.1, 0.15) is 11.2 Å². The van der Waals surface area contributed by atoms with Gasteiger partial charge in [-0.25, -0.2) is 0 Å². The summed E-state index contributed by atoms with van der Waals surface area (Å²) in [6, 6.07) is 7.91. The van der Waals surface area contributed by atoms with E-state index in [1.807, 2.05) is 49.7 Å². The van der Waals surface area contributed by atoms with E-state index < -0.39 is 5.38 Å². The minimum atomic E-state index is -0.547. The molecule has 1 aromatic carbocycles. The summed E-state index contributed by atoms with van der Waals surface area (Å²) in [5.74, 6) is 1.45. The molecule has 124 valence electrons. The zero-order chi connectivity index (χ0) is 17.0. The van der Waals surface area contributed by atoms with Gasteiger partial charge in [-0.3, -0.25) is 4.79 Å². The number of alkyl halides is 1. The Hall–Kier alpha value is -1.88. The van der Waals surface area contributed by atoms with E-state index in [2.05, 4.69) is 17.1 Å². The first-order chi connectivity index (χ1) is 11.0. The molecule has 5 nitrogen and oxygen atoms in total. The molecule has 0 aliphatic heterocycles. The monoisotopic (exact) mass is 334 g/mol. The third-order valence-corrected chi connectivity index (χ3v) is 4.53. The number of anilines is 1. The molecular weight excluding hydrogens is 312 g/mol. The maximum atomic E-state index is 12.8. The molecule has 0 N–H and O–H groups in total. The number of halogens is 1. The van der Waals surface area contributed by atoms with Gasteiger partial charge in [0.2, 0.25) is 5.91 Å². The van der Waals surface area contributed by atoms with Crippen LogP contribution in [0.4, 0.5) is 5.69 Å². The number of aromatic nitrogens is 3. The highest BCUT2D eigenvalue weighted by Crippen LogP contribution is 2.25. The molecule has 0 aliphatic carbocycles. The molecule has 23 heavy (non-hydrogen) atoms. The minimum absolute atomic E-state index is 0.101. The lowest BCUT2D eigenvalue weighted by Gasteiger charge is -2.26. The van der Waals surface area contributed by atoms with Crippen LogP contribution in [-0.2, 0) is 24.8 Å². The highest BCUT2D eigenvalue weighted by molar-refractivity contribution is 6.32. The molecule has 0 fully saturated rings. The first kappa shape index (κ1) is 17.5. The molecule has 2 rings (SSSR count). The Morgan fingerprint density at radius 1 is 1.30 bits per heavy atom. The second kappa shape index (κ2) is 7.59. The van der Waals surface area contributed by atoms with Crippen LogP contribution < -0.4 is 4.90 Å². The first-order valence-corrected chi connectivity index (χ1v) is 8.31. The summed E-state index contributed by atoms with van der Waals surface area (Å²) in [7, 11) is 1.90. The van der Waals surface area contributed by atoms with E-state index >= 15 is 0 Å². The Morgan fingerprint density at radius 2 is 2.00 bits per heavy atom. The van der Waals surface area contributed by atoms with Gasteiger partial charge in [-0.05, 0) is 31.4 Å². The molecule has 0 aliphatic rings. The van der Waals surface area contributed by atoms with Crippen molar-refractivity contribution in [1.29, 1.82) is 0 Å². The van der Waals surface area contributed by atoms with Crippen molar-refractivity contribution < 1.29 is 4.79 Å². The topological polar surface area (TPSA) is 51.0 Å². The molecular formula is C17H23ClN4O. The highest BCUT2D eigenvalue weighted by Gasteiger charge is 2.25.